The van der Waals surface area contributed by atoms with Crippen LogP contribution in [0.15, 0.2) is 64.3 Å². The van der Waals surface area contributed by atoms with Gasteiger partial charge in [0.2, 0.25) is 0 Å². The number of nitrogens with zero attached hydrogens (tertiary/aromatic N) is 3. The van der Waals surface area contributed by atoms with Gasteiger partial charge < -0.3 is 4.74 Å². The molecule has 0 saturated heterocycles. The van der Waals surface area contributed by atoms with Crippen molar-refractivity contribution in [3.63, 3.8) is 0 Å². The molecule has 0 bridgehead atoms. The van der Waals surface area contributed by atoms with Crippen molar-refractivity contribution in [3.8, 4) is 5.75 Å². The van der Waals surface area contributed by atoms with Gasteiger partial charge >= 0.3 is 0 Å². The van der Waals surface area contributed by atoms with E-state index in [1.165, 1.54) is 30.6 Å². The van der Waals surface area contributed by atoms with E-state index in [9.17, 15) is 14.9 Å². The number of hydrogen-bond acceptors (Lipinski definition) is 6. The Morgan fingerprint density at radius 1 is 1.26 bits per heavy atom. The molecule has 2 aromatic carbocycles. The largest absolute Gasteiger partial charge is 0.486 e. The van der Waals surface area contributed by atoms with Crippen molar-refractivity contribution in [1.82, 2.24) is 10.4 Å². The molecule has 1 N–H and O–H groups in total. The van der Waals surface area contributed by atoms with Crippen LogP contribution < -0.4 is 10.2 Å². The Hall–Kier alpha value is -3.01. The molecule has 31 heavy (non-hydrogen) atoms. The summed E-state index contributed by atoms with van der Waals surface area (Å²) < 4.78 is 6.31. The zero-order chi connectivity index (χ0) is 22.4. The van der Waals surface area contributed by atoms with Gasteiger partial charge in [0.1, 0.15) is 11.8 Å². The Morgan fingerprint density at radius 3 is 2.65 bits per heavy atom. The van der Waals surface area contributed by atoms with Gasteiger partial charge in [-0.25, -0.2) is 10.4 Å². The quantitative estimate of drug-likeness (QED) is 0.193. The second-order valence-electron chi connectivity index (χ2n) is 6.07. The third-order valence-corrected chi connectivity index (χ3v) is 5.11. The summed E-state index contributed by atoms with van der Waals surface area (Å²) in [5, 5.41) is 15.0. The second-order valence-corrected chi connectivity index (χ2v) is 7.69. The van der Waals surface area contributed by atoms with Gasteiger partial charge in [0.05, 0.1) is 26.2 Å². The first-order valence-electron chi connectivity index (χ1n) is 8.64. The summed E-state index contributed by atoms with van der Waals surface area (Å²) in [6.45, 7) is 0.172. The average molecular weight is 524 g/mol. The number of nitro groups is 1. The first-order chi connectivity index (χ1) is 14.8. The number of benzene rings is 2. The highest BCUT2D eigenvalue weighted by atomic mass is 79.9. The van der Waals surface area contributed by atoms with Crippen LogP contribution in [0.2, 0.25) is 10.2 Å². The minimum Gasteiger partial charge on any atom is -0.486 e. The summed E-state index contributed by atoms with van der Waals surface area (Å²) in [4.78, 5) is 26.2. The summed E-state index contributed by atoms with van der Waals surface area (Å²) in [6, 6.07) is 12.5. The first kappa shape index (κ1) is 22.7. The van der Waals surface area contributed by atoms with Gasteiger partial charge in [-0.15, -0.1) is 0 Å². The van der Waals surface area contributed by atoms with Crippen LogP contribution in [0.25, 0.3) is 0 Å². The summed E-state index contributed by atoms with van der Waals surface area (Å²) in [6.07, 6.45) is 2.89. The Bertz CT molecular complexity index is 1130. The van der Waals surface area contributed by atoms with Crippen molar-refractivity contribution < 1.29 is 14.5 Å². The van der Waals surface area contributed by atoms with E-state index in [2.05, 4.69) is 31.4 Å². The normalized spacial score (nSPS) is 10.8. The highest BCUT2D eigenvalue weighted by Crippen LogP contribution is 2.34. The zero-order valence-electron chi connectivity index (χ0n) is 15.6. The third kappa shape index (κ3) is 6.00. The molecule has 0 unspecified atom stereocenters. The summed E-state index contributed by atoms with van der Waals surface area (Å²) >= 11 is 15.6. The second kappa shape index (κ2) is 10.3. The topological polar surface area (TPSA) is 107 Å². The lowest BCUT2D eigenvalue weighted by molar-refractivity contribution is -0.384. The molecular formula is C20H13BrCl2N4O4. The van der Waals surface area contributed by atoms with E-state index >= 15 is 0 Å². The standard InChI is InChI=1S/C20H13BrCl2N4O4/c21-16-8-13(10-25-26-20(28)15-2-1-7-24-19(15)23)9-17(22)18(16)31-11-12-3-5-14(6-4-12)27(29)30/h1-10H,11H2,(H,26,28). The number of carbonyl (C=O) groups excluding carboxylic acids is 1. The van der Waals surface area contributed by atoms with Crippen molar-refractivity contribution in [2.45, 2.75) is 6.61 Å². The number of pyridine rings is 1. The number of rotatable bonds is 7. The molecule has 11 heteroatoms. The van der Waals surface area contributed by atoms with Gasteiger partial charge in [-0.05, 0) is 63.5 Å². The van der Waals surface area contributed by atoms with Crippen molar-refractivity contribution in [3.05, 3.63) is 96.2 Å². The smallest absolute Gasteiger partial charge is 0.274 e. The molecule has 0 saturated carbocycles. The molecule has 0 radical (unpaired) electrons. The predicted molar refractivity (Wildman–Crippen MR) is 121 cm³/mol. The fourth-order valence-corrected chi connectivity index (χ4v) is 3.64. The first-order valence-corrected chi connectivity index (χ1v) is 10.2. The summed E-state index contributed by atoms with van der Waals surface area (Å²) in [7, 11) is 0. The lowest BCUT2D eigenvalue weighted by atomic mass is 10.2. The average Bonchev–Trinajstić information content (AvgIpc) is 2.73. The Kier molecular flexibility index (Phi) is 7.56. The van der Waals surface area contributed by atoms with Gasteiger partial charge in [0.15, 0.2) is 5.75 Å². The van der Waals surface area contributed by atoms with E-state index in [0.717, 1.165) is 5.56 Å². The lowest BCUT2D eigenvalue weighted by Crippen LogP contribution is -2.18. The minimum atomic E-state index is -0.498. The fourth-order valence-electron chi connectivity index (χ4n) is 2.44. The number of hydrogen-bond donors (Lipinski definition) is 1. The molecule has 0 spiro atoms. The molecule has 1 aromatic heterocycles. The number of carbonyl (C=O) groups is 1. The molecular weight excluding hydrogens is 511 g/mol. The maximum absolute atomic E-state index is 12.1. The fraction of sp³-hybridized carbons (Fsp3) is 0.0500. The van der Waals surface area contributed by atoms with E-state index in [0.29, 0.717) is 20.8 Å². The minimum absolute atomic E-state index is 0.00416. The molecule has 0 aliphatic heterocycles. The van der Waals surface area contributed by atoms with Crippen LogP contribution in [-0.2, 0) is 6.61 Å². The molecule has 0 aliphatic rings. The summed E-state index contributed by atoms with van der Waals surface area (Å²) in [5.74, 6) is -0.0917. The van der Waals surface area contributed by atoms with Crippen molar-refractivity contribution in [2.24, 2.45) is 5.10 Å². The molecule has 1 amide bonds. The van der Waals surface area contributed by atoms with Gasteiger partial charge in [0, 0.05) is 18.3 Å². The van der Waals surface area contributed by atoms with Crippen LogP contribution in [0.3, 0.4) is 0 Å². The van der Waals surface area contributed by atoms with Crippen LogP contribution in [-0.4, -0.2) is 22.0 Å². The van der Waals surface area contributed by atoms with E-state index in [4.69, 9.17) is 27.9 Å². The number of nitro benzene ring substituents is 1. The van der Waals surface area contributed by atoms with Crippen LogP contribution in [0.5, 0.6) is 5.75 Å². The number of halogens is 3. The Balaban J connectivity index is 1.64. The lowest BCUT2D eigenvalue weighted by Gasteiger charge is -2.11. The van der Waals surface area contributed by atoms with Crippen molar-refractivity contribution >= 4 is 56.9 Å². The molecule has 0 atom stereocenters. The highest BCUT2D eigenvalue weighted by molar-refractivity contribution is 9.10. The number of nitrogens with one attached hydrogen (secondary N) is 1. The molecule has 0 aliphatic carbocycles. The molecule has 158 valence electrons. The Labute approximate surface area is 195 Å². The van der Waals surface area contributed by atoms with E-state index in [-0.39, 0.29) is 23.0 Å². The van der Waals surface area contributed by atoms with Crippen LogP contribution in [0.4, 0.5) is 5.69 Å². The van der Waals surface area contributed by atoms with E-state index < -0.39 is 10.8 Å². The van der Waals surface area contributed by atoms with Gasteiger partial charge in [0.25, 0.3) is 11.6 Å². The number of aromatic nitrogens is 1. The van der Waals surface area contributed by atoms with Crippen LogP contribution in [0, 0.1) is 10.1 Å². The van der Waals surface area contributed by atoms with Crippen molar-refractivity contribution in [2.75, 3.05) is 0 Å². The monoisotopic (exact) mass is 522 g/mol. The molecule has 0 fully saturated rings. The Morgan fingerprint density at radius 2 is 2.00 bits per heavy atom. The number of ether oxygens (including phenoxy) is 1. The van der Waals surface area contributed by atoms with Gasteiger partial charge in [-0.3, -0.25) is 14.9 Å². The van der Waals surface area contributed by atoms with Crippen LogP contribution in [0.1, 0.15) is 21.5 Å². The number of non-ortho nitro benzene ring substituents is 1. The van der Waals surface area contributed by atoms with Gasteiger partial charge in [-0.2, -0.15) is 5.10 Å². The molecule has 1 heterocycles. The molecule has 8 nitrogen and oxygen atoms in total. The predicted octanol–water partition coefficient (Wildman–Crippen LogP) is 5.40. The molecule has 3 aromatic rings. The van der Waals surface area contributed by atoms with E-state index in [1.54, 1.807) is 30.3 Å². The maximum Gasteiger partial charge on any atom is 0.274 e. The molecule has 3 rings (SSSR count). The highest BCUT2D eigenvalue weighted by Gasteiger charge is 2.11. The van der Waals surface area contributed by atoms with Gasteiger partial charge in [-0.1, -0.05) is 23.2 Å². The van der Waals surface area contributed by atoms with Crippen molar-refractivity contribution in [1.29, 1.82) is 0 Å². The summed E-state index contributed by atoms with van der Waals surface area (Å²) in [5.41, 5.74) is 3.93. The number of hydrazone groups is 1. The SMILES string of the molecule is O=C(NN=Cc1cc(Cl)c(OCc2ccc([N+](=O)[O-])cc2)c(Br)c1)c1cccnc1Cl. The third-order valence-electron chi connectivity index (χ3n) is 3.93. The van der Waals surface area contributed by atoms with E-state index in [1.807, 2.05) is 0 Å². The van der Waals surface area contributed by atoms with Crippen LogP contribution >= 0.6 is 39.1 Å². The number of amides is 1. The zero-order valence-corrected chi connectivity index (χ0v) is 18.7. The maximum atomic E-state index is 12.1.